The van der Waals surface area contributed by atoms with E-state index < -0.39 is 5.60 Å². The van der Waals surface area contributed by atoms with Gasteiger partial charge >= 0.3 is 0 Å². The number of aliphatic hydroxyl groups is 1. The van der Waals surface area contributed by atoms with Crippen LogP contribution in [0.5, 0.6) is 0 Å². The summed E-state index contributed by atoms with van der Waals surface area (Å²) in [5.74, 6) is -0.268. The van der Waals surface area contributed by atoms with Gasteiger partial charge in [0.2, 0.25) is 0 Å². The number of Topliss-reactive ketones (excluding diaryl/α,β-unsaturated/α-hetero) is 1. The molecule has 0 unspecified atom stereocenters. The first-order valence-corrected chi connectivity index (χ1v) is 4.85. The van der Waals surface area contributed by atoms with E-state index in [1.54, 1.807) is 12.1 Å². The van der Waals surface area contributed by atoms with Gasteiger partial charge < -0.3 is 5.11 Å². The lowest BCUT2D eigenvalue weighted by Crippen LogP contribution is -2.30. The number of allylic oxidation sites excluding steroid dienone is 1. The van der Waals surface area contributed by atoms with E-state index in [0.717, 1.165) is 11.1 Å². The first-order chi connectivity index (χ1) is 6.82. The highest BCUT2D eigenvalue weighted by Gasteiger charge is 2.24. The van der Waals surface area contributed by atoms with E-state index in [1.807, 2.05) is 19.1 Å². The molecule has 0 spiro atoms. The van der Waals surface area contributed by atoms with E-state index in [4.69, 9.17) is 0 Å². The van der Waals surface area contributed by atoms with Gasteiger partial charge in [0.25, 0.3) is 0 Å². The average Bonchev–Trinajstić information content (AvgIpc) is 2.15. The van der Waals surface area contributed by atoms with Crippen LogP contribution in [0.15, 0.2) is 30.8 Å². The van der Waals surface area contributed by atoms with E-state index in [2.05, 4.69) is 6.58 Å². The summed E-state index contributed by atoms with van der Waals surface area (Å²) in [4.78, 5) is 11.7. The smallest absolute Gasteiger partial charge is 0.193 e. The average molecular weight is 204 g/mol. The largest absolute Gasteiger partial charge is 0.382 e. The highest BCUT2D eigenvalue weighted by atomic mass is 16.3. The van der Waals surface area contributed by atoms with Gasteiger partial charge in [0.15, 0.2) is 5.78 Å². The minimum atomic E-state index is -1.31. The summed E-state index contributed by atoms with van der Waals surface area (Å²) in [6.45, 7) is 8.70. The number of rotatable bonds is 3. The molecule has 0 fully saturated rings. The molecule has 1 N–H and O–H groups in total. The van der Waals surface area contributed by atoms with Crippen LogP contribution in [0.4, 0.5) is 0 Å². The first kappa shape index (κ1) is 11.7. The van der Waals surface area contributed by atoms with Gasteiger partial charge in [-0.3, -0.25) is 4.79 Å². The van der Waals surface area contributed by atoms with Gasteiger partial charge in [0.05, 0.1) is 0 Å². The highest BCUT2D eigenvalue weighted by Crippen LogP contribution is 2.16. The van der Waals surface area contributed by atoms with Gasteiger partial charge in [-0.2, -0.15) is 0 Å². The molecule has 80 valence electrons. The fraction of sp³-hybridized carbons (Fsp3) is 0.308. The molecule has 0 aliphatic carbocycles. The number of carbonyl (C=O) groups excluding carboxylic acids is 1. The SMILES string of the molecule is C=C(C)c1ccc(C(=O)C(C)(C)O)cc1. The lowest BCUT2D eigenvalue weighted by Gasteiger charge is -2.15. The number of carbonyl (C=O) groups is 1. The lowest BCUT2D eigenvalue weighted by atomic mass is 9.95. The molecular weight excluding hydrogens is 188 g/mol. The van der Waals surface area contributed by atoms with Crippen LogP contribution in [0.2, 0.25) is 0 Å². The Labute approximate surface area is 90.3 Å². The van der Waals surface area contributed by atoms with Crippen LogP contribution in [0.3, 0.4) is 0 Å². The molecule has 0 amide bonds. The van der Waals surface area contributed by atoms with Crippen LogP contribution in [0, 0.1) is 0 Å². The third-order valence-electron chi connectivity index (χ3n) is 2.20. The molecular formula is C13H16O2. The van der Waals surface area contributed by atoms with Crippen LogP contribution in [0.1, 0.15) is 36.7 Å². The van der Waals surface area contributed by atoms with Crippen molar-refractivity contribution in [2.75, 3.05) is 0 Å². The van der Waals surface area contributed by atoms with Crippen molar-refractivity contribution in [3.63, 3.8) is 0 Å². The summed E-state index contributed by atoms with van der Waals surface area (Å²) in [5, 5.41) is 9.55. The standard InChI is InChI=1S/C13H16O2/c1-9(2)10-5-7-11(8-6-10)12(14)13(3,4)15/h5-8,15H,1H2,2-4H3. The van der Waals surface area contributed by atoms with Gasteiger partial charge in [-0.25, -0.2) is 0 Å². The summed E-state index contributed by atoms with van der Waals surface area (Å²) >= 11 is 0. The zero-order valence-corrected chi connectivity index (χ0v) is 9.37. The Morgan fingerprint density at radius 3 is 1.93 bits per heavy atom. The molecule has 15 heavy (non-hydrogen) atoms. The maximum atomic E-state index is 11.7. The first-order valence-electron chi connectivity index (χ1n) is 4.85. The third kappa shape index (κ3) is 2.77. The molecule has 0 radical (unpaired) electrons. The monoisotopic (exact) mass is 204 g/mol. The minimum Gasteiger partial charge on any atom is -0.382 e. The predicted octanol–water partition coefficient (Wildman–Crippen LogP) is 2.67. The van der Waals surface area contributed by atoms with Gasteiger partial charge in [-0.05, 0) is 26.3 Å². The molecule has 0 aromatic heterocycles. The quantitative estimate of drug-likeness (QED) is 0.768. The summed E-state index contributed by atoms with van der Waals surface area (Å²) in [7, 11) is 0. The number of hydrogen-bond acceptors (Lipinski definition) is 2. The van der Waals surface area contributed by atoms with Crippen molar-refractivity contribution in [3.8, 4) is 0 Å². The Balaban J connectivity index is 3.00. The molecule has 0 aliphatic rings. The minimum absolute atomic E-state index is 0.268. The molecule has 2 nitrogen and oxygen atoms in total. The van der Waals surface area contributed by atoms with Gasteiger partial charge in [-0.15, -0.1) is 0 Å². The van der Waals surface area contributed by atoms with Gasteiger partial charge in [0, 0.05) is 5.56 Å². The molecule has 1 aromatic carbocycles. The van der Waals surface area contributed by atoms with Crippen LogP contribution in [0.25, 0.3) is 5.57 Å². The Kier molecular flexibility index (Phi) is 3.10. The predicted molar refractivity (Wildman–Crippen MR) is 61.8 cm³/mol. The van der Waals surface area contributed by atoms with Crippen LogP contribution >= 0.6 is 0 Å². The zero-order chi connectivity index (χ0) is 11.6. The second-order valence-corrected chi connectivity index (χ2v) is 4.25. The van der Waals surface area contributed by atoms with Crippen molar-refractivity contribution < 1.29 is 9.90 Å². The van der Waals surface area contributed by atoms with Crippen molar-refractivity contribution in [2.24, 2.45) is 0 Å². The molecule has 1 aromatic rings. The number of benzene rings is 1. The fourth-order valence-electron chi connectivity index (χ4n) is 1.26. The van der Waals surface area contributed by atoms with E-state index in [0.29, 0.717) is 5.56 Å². The Morgan fingerprint density at radius 2 is 1.60 bits per heavy atom. The fourth-order valence-corrected chi connectivity index (χ4v) is 1.26. The summed E-state index contributed by atoms with van der Waals surface area (Å²) in [5.41, 5.74) is 1.16. The molecule has 0 aliphatic heterocycles. The maximum absolute atomic E-state index is 11.7. The van der Waals surface area contributed by atoms with Crippen molar-refractivity contribution in [3.05, 3.63) is 42.0 Å². The topological polar surface area (TPSA) is 37.3 Å². The number of hydrogen-bond donors (Lipinski definition) is 1. The maximum Gasteiger partial charge on any atom is 0.193 e. The Morgan fingerprint density at radius 1 is 1.20 bits per heavy atom. The van der Waals surface area contributed by atoms with Gasteiger partial charge in [0.1, 0.15) is 5.60 Å². The number of ketones is 1. The van der Waals surface area contributed by atoms with Crippen molar-refractivity contribution in [1.82, 2.24) is 0 Å². The van der Waals surface area contributed by atoms with Crippen LogP contribution in [-0.4, -0.2) is 16.5 Å². The third-order valence-corrected chi connectivity index (χ3v) is 2.20. The highest BCUT2D eigenvalue weighted by molar-refractivity contribution is 6.01. The summed E-state index contributed by atoms with van der Waals surface area (Å²) < 4.78 is 0. The molecule has 2 heteroatoms. The van der Waals surface area contributed by atoms with Crippen LogP contribution < -0.4 is 0 Å². The Hall–Kier alpha value is -1.41. The van der Waals surface area contributed by atoms with Crippen molar-refractivity contribution in [1.29, 1.82) is 0 Å². The normalized spacial score (nSPS) is 11.2. The van der Waals surface area contributed by atoms with Crippen molar-refractivity contribution in [2.45, 2.75) is 26.4 Å². The van der Waals surface area contributed by atoms with E-state index in [9.17, 15) is 9.90 Å². The van der Waals surface area contributed by atoms with E-state index >= 15 is 0 Å². The summed E-state index contributed by atoms with van der Waals surface area (Å²) in [6.07, 6.45) is 0. The second-order valence-electron chi connectivity index (χ2n) is 4.25. The Bertz CT molecular complexity index is 380. The van der Waals surface area contributed by atoms with Crippen molar-refractivity contribution >= 4 is 11.4 Å². The molecule has 0 heterocycles. The lowest BCUT2D eigenvalue weighted by molar-refractivity contribution is 0.0488. The van der Waals surface area contributed by atoms with Crippen LogP contribution in [-0.2, 0) is 0 Å². The molecule has 0 bridgehead atoms. The molecule has 1 rings (SSSR count). The molecule has 0 saturated heterocycles. The molecule has 0 atom stereocenters. The van der Waals surface area contributed by atoms with E-state index in [1.165, 1.54) is 13.8 Å². The molecule has 0 saturated carbocycles. The summed E-state index contributed by atoms with van der Waals surface area (Å²) in [6, 6.07) is 7.09. The zero-order valence-electron chi connectivity index (χ0n) is 9.37. The second kappa shape index (κ2) is 3.99. The van der Waals surface area contributed by atoms with Gasteiger partial charge in [-0.1, -0.05) is 36.4 Å². The van der Waals surface area contributed by atoms with E-state index in [-0.39, 0.29) is 5.78 Å².